The zero-order valence-electron chi connectivity index (χ0n) is 14.3. The van der Waals surface area contributed by atoms with E-state index >= 15 is 0 Å². The molecule has 1 aliphatic heterocycles. The van der Waals surface area contributed by atoms with E-state index in [1.807, 2.05) is 20.8 Å². The number of rotatable bonds is 4. The predicted octanol–water partition coefficient (Wildman–Crippen LogP) is 3.29. The van der Waals surface area contributed by atoms with Crippen molar-refractivity contribution in [2.45, 2.75) is 64.5 Å². The summed E-state index contributed by atoms with van der Waals surface area (Å²) in [5.41, 5.74) is 2.03. The molecule has 0 saturated heterocycles. The maximum atomic E-state index is 11.7. The second kappa shape index (κ2) is 6.38. The van der Waals surface area contributed by atoms with Gasteiger partial charge in [0, 0.05) is 18.3 Å². The average Bonchev–Trinajstić information content (AvgIpc) is 3.20. The molecule has 2 N–H and O–H groups in total. The summed E-state index contributed by atoms with van der Waals surface area (Å²) in [7, 11) is 0. The van der Waals surface area contributed by atoms with Gasteiger partial charge in [-0.3, -0.25) is 0 Å². The second-order valence-electron chi connectivity index (χ2n) is 7.63. The van der Waals surface area contributed by atoms with Gasteiger partial charge in [-0.05, 0) is 70.4 Å². The standard InChI is InChI=1S/C18H27N3O2/c1-18(2,3)23-17(22)21-15-11-13(15)7-9-14-8-6-12-5-4-10-19-16(12)20-14/h6,8,13,15H,4-5,7,9-11H2,1-3H3,(H,19,20)(H,21,22)/t13-,15-/m1/s1. The zero-order valence-corrected chi connectivity index (χ0v) is 14.3. The van der Waals surface area contributed by atoms with E-state index in [0.29, 0.717) is 5.92 Å². The molecule has 2 aliphatic rings. The highest BCUT2D eigenvalue weighted by Crippen LogP contribution is 2.35. The third-order valence-corrected chi connectivity index (χ3v) is 4.35. The van der Waals surface area contributed by atoms with Gasteiger partial charge in [-0.2, -0.15) is 0 Å². The molecule has 126 valence electrons. The minimum atomic E-state index is -0.436. The van der Waals surface area contributed by atoms with Crippen LogP contribution >= 0.6 is 0 Å². The Balaban J connectivity index is 1.43. The first kappa shape index (κ1) is 16.1. The summed E-state index contributed by atoms with van der Waals surface area (Å²) in [6.07, 6.45) is 5.08. The third kappa shape index (κ3) is 4.60. The number of pyridine rings is 1. The number of amides is 1. The molecule has 0 unspecified atom stereocenters. The first-order valence-corrected chi connectivity index (χ1v) is 8.63. The monoisotopic (exact) mass is 317 g/mol. The van der Waals surface area contributed by atoms with Gasteiger partial charge >= 0.3 is 6.09 Å². The highest BCUT2D eigenvalue weighted by atomic mass is 16.6. The van der Waals surface area contributed by atoms with Crippen molar-refractivity contribution < 1.29 is 9.53 Å². The van der Waals surface area contributed by atoms with Gasteiger partial charge in [-0.25, -0.2) is 9.78 Å². The van der Waals surface area contributed by atoms with Crippen LogP contribution in [0.4, 0.5) is 10.6 Å². The molecule has 0 spiro atoms. The normalized spacial score (nSPS) is 22.7. The van der Waals surface area contributed by atoms with Crippen LogP contribution in [0.1, 0.15) is 51.3 Å². The van der Waals surface area contributed by atoms with Crippen molar-refractivity contribution >= 4 is 11.9 Å². The minimum absolute atomic E-state index is 0.264. The van der Waals surface area contributed by atoms with Gasteiger partial charge in [-0.15, -0.1) is 0 Å². The summed E-state index contributed by atoms with van der Waals surface area (Å²) in [6.45, 7) is 6.67. The van der Waals surface area contributed by atoms with E-state index in [9.17, 15) is 4.79 Å². The lowest BCUT2D eigenvalue weighted by atomic mass is 10.1. The molecule has 1 saturated carbocycles. The largest absolute Gasteiger partial charge is 0.444 e. The van der Waals surface area contributed by atoms with Gasteiger partial charge in [0.1, 0.15) is 11.4 Å². The Morgan fingerprint density at radius 1 is 1.43 bits per heavy atom. The van der Waals surface area contributed by atoms with Crippen LogP contribution in [-0.4, -0.2) is 29.3 Å². The van der Waals surface area contributed by atoms with Crippen molar-refractivity contribution in [3.8, 4) is 0 Å². The van der Waals surface area contributed by atoms with Crippen LogP contribution in [-0.2, 0) is 17.6 Å². The van der Waals surface area contributed by atoms with Crippen LogP contribution in [0.25, 0.3) is 0 Å². The minimum Gasteiger partial charge on any atom is -0.444 e. The summed E-state index contributed by atoms with van der Waals surface area (Å²) in [5, 5.41) is 6.33. The molecule has 1 fully saturated rings. The fraction of sp³-hybridized carbons (Fsp3) is 0.667. The van der Waals surface area contributed by atoms with E-state index in [1.165, 1.54) is 12.0 Å². The molecule has 1 aliphatic carbocycles. The third-order valence-electron chi connectivity index (χ3n) is 4.35. The predicted molar refractivity (Wildman–Crippen MR) is 90.6 cm³/mol. The molecule has 2 heterocycles. The Morgan fingerprint density at radius 3 is 3.04 bits per heavy atom. The number of nitrogens with zero attached hydrogens (tertiary/aromatic N) is 1. The SMILES string of the molecule is CC(C)(C)OC(=O)N[C@@H]1C[C@H]1CCc1ccc2c(n1)NCCC2. The number of carbonyl (C=O) groups excluding carboxylic acids is 1. The highest BCUT2D eigenvalue weighted by Gasteiger charge is 2.38. The number of alkyl carbamates (subject to hydrolysis) is 1. The molecule has 23 heavy (non-hydrogen) atoms. The first-order valence-electron chi connectivity index (χ1n) is 8.63. The molecule has 5 nitrogen and oxygen atoms in total. The second-order valence-corrected chi connectivity index (χ2v) is 7.63. The van der Waals surface area contributed by atoms with Gasteiger partial charge < -0.3 is 15.4 Å². The number of hydrogen-bond acceptors (Lipinski definition) is 4. The number of ether oxygens (including phenoxy) is 1. The van der Waals surface area contributed by atoms with Crippen molar-refractivity contribution in [3.63, 3.8) is 0 Å². The van der Waals surface area contributed by atoms with Crippen LogP contribution in [0, 0.1) is 5.92 Å². The van der Waals surface area contributed by atoms with E-state index < -0.39 is 5.60 Å². The van der Waals surface area contributed by atoms with Gasteiger partial charge in [0.05, 0.1) is 0 Å². The maximum absolute atomic E-state index is 11.7. The summed E-state index contributed by atoms with van der Waals surface area (Å²) < 4.78 is 5.29. The lowest BCUT2D eigenvalue weighted by molar-refractivity contribution is 0.0521. The van der Waals surface area contributed by atoms with E-state index in [4.69, 9.17) is 9.72 Å². The number of anilines is 1. The Bertz CT molecular complexity index is 580. The van der Waals surface area contributed by atoms with E-state index in [0.717, 1.165) is 43.7 Å². The van der Waals surface area contributed by atoms with E-state index in [-0.39, 0.29) is 12.1 Å². The molecule has 5 heteroatoms. The molecule has 1 aromatic rings. The molecule has 1 amide bonds. The topological polar surface area (TPSA) is 63.2 Å². The summed E-state index contributed by atoms with van der Waals surface area (Å²) in [5.74, 6) is 1.61. The fourth-order valence-electron chi connectivity index (χ4n) is 3.04. The van der Waals surface area contributed by atoms with Crippen molar-refractivity contribution in [3.05, 3.63) is 23.4 Å². The Hall–Kier alpha value is -1.78. The molecule has 0 radical (unpaired) electrons. The number of aryl methyl sites for hydroxylation is 2. The van der Waals surface area contributed by atoms with Crippen LogP contribution in [0.2, 0.25) is 0 Å². The number of carbonyl (C=O) groups is 1. The molecule has 3 rings (SSSR count). The van der Waals surface area contributed by atoms with Crippen LogP contribution in [0.3, 0.4) is 0 Å². The van der Waals surface area contributed by atoms with Crippen molar-refractivity contribution in [2.75, 3.05) is 11.9 Å². The molecular formula is C18H27N3O2. The van der Waals surface area contributed by atoms with Gasteiger partial charge in [0.25, 0.3) is 0 Å². The zero-order chi connectivity index (χ0) is 16.4. The van der Waals surface area contributed by atoms with Gasteiger partial charge in [0.15, 0.2) is 0 Å². The summed E-state index contributed by atoms with van der Waals surface area (Å²) in [6, 6.07) is 4.61. The van der Waals surface area contributed by atoms with E-state index in [2.05, 4.69) is 22.8 Å². The van der Waals surface area contributed by atoms with Crippen molar-refractivity contribution in [1.82, 2.24) is 10.3 Å². The molecule has 0 bridgehead atoms. The van der Waals surface area contributed by atoms with Gasteiger partial charge in [0.2, 0.25) is 0 Å². The van der Waals surface area contributed by atoms with Crippen molar-refractivity contribution in [2.24, 2.45) is 5.92 Å². The quantitative estimate of drug-likeness (QED) is 0.894. The Labute approximate surface area is 138 Å². The number of aromatic nitrogens is 1. The van der Waals surface area contributed by atoms with Crippen molar-refractivity contribution in [1.29, 1.82) is 0 Å². The smallest absolute Gasteiger partial charge is 0.407 e. The average molecular weight is 317 g/mol. The van der Waals surface area contributed by atoms with E-state index in [1.54, 1.807) is 0 Å². The number of nitrogens with one attached hydrogen (secondary N) is 2. The first-order chi connectivity index (χ1) is 10.9. The maximum Gasteiger partial charge on any atom is 0.407 e. The molecule has 2 atom stereocenters. The summed E-state index contributed by atoms with van der Waals surface area (Å²) >= 11 is 0. The molecule has 1 aromatic heterocycles. The molecular weight excluding hydrogens is 290 g/mol. The number of fused-ring (bicyclic) bond motifs is 1. The Kier molecular flexibility index (Phi) is 4.46. The van der Waals surface area contributed by atoms with Crippen LogP contribution < -0.4 is 10.6 Å². The highest BCUT2D eigenvalue weighted by molar-refractivity contribution is 5.68. The van der Waals surface area contributed by atoms with Crippen LogP contribution in [0.5, 0.6) is 0 Å². The Morgan fingerprint density at radius 2 is 2.26 bits per heavy atom. The lowest BCUT2D eigenvalue weighted by Crippen LogP contribution is -2.34. The molecule has 0 aromatic carbocycles. The summed E-state index contributed by atoms with van der Waals surface area (Å²) in [4.78, 5) is 16.5. The van der Waals surface area contributed by atoms with Crippen LogP contribution in [0.15, 0.2) is 12.1 Å². The lowest BCUT2D eigenvalue weighted by Gasteiger charge is -2.19. The van der Waals surface area contributed by atoms with Gasteiger partial charge in [-0.1, -0.05) is 6.07 Å². The number of hydrogen-bond donors (Lipinski definition) is 2. The fourth-order valence-corrected chi connectivity index (χ4v) is 3.04.